The molecule has 0 aromatic heterocycles. The van der Waals surface area contributed by atoms with Gasteiger partial charge in [0.15, 0.2) is 0 Å². The molecule has 2 aromatic rings. The first-order valence-corrected chi connectivity index (χ1v) is 6.85. The minimum atomic E-state index is 0.338. The molecule has 0 saturated carbocycles. The lowest BCUT2D eigenvalue weighted by Gasteiger charge is -2.14. The van der Waals surface area contributed by atoms with Gasteiger partial charge in [0.2, 0.25) is 0 Å². The normalized spacial score (nSPS) is 10.0. The third kappa shape index (κ3) is 3.44. The Bertz CT molecular complexity index is 671. The smallest absolute Gasteiger partial charge is 0.121 e. The maximum absolute atomic E-state index is 5.77. The summed E-state index contributed by atoms with van der Waals surface area (Å²) in [6.07, 6.45) is 0. The first-order chi connectivity index (χ1) is 10.0. The van der Waals surface area contributed by atoms with Crippen LogP contribution in [-0.4, -0.2) is 19.2 Å². The molecule has 0 atom stereocenters. The fourth-order valence-corrected chi connectivity index (χ4v) is 2.26. The molecule has 0 radical (unpaired) electrons. The van der Waals surface area contributed by atoms with E-state index in [9.17, 15) is 0 Å². The molecule has 2 aromatic carbocycles. The first kappa shape index (κ1) is 15.1. The Hall–Kier alpha value is -2.27. The first-order valence-electron chi connectivity index (χ1n) is 6.44. The highest BCUT2D eigenvalue weighted by atomic mass is 32.1. The third-order valence-electron chi connectivity index (χ3n) is 3.17. The summed E-state index contributed by atoms with van der Waals surface area (Å²) in [6.45, 7) is 1.99. The molecular weight excluding hydrogens is 284 g/mol. The number of methoxy groups -OCH3 is 2. The number of nitrogens with one attached hydrogen (secondary N) is 1. The molecule has 4 nitrogen and oxygen atoms in total. The standard InChI is InChI=1S/C16H18N2O2S/c1-10-8-11(4-7-15(10)20-3)18-14-9-12(19-2)5-6-13(14)16(17)21/h4-9,18H,1-3H3,(H2,17,21). The Kier molecular flexibility index (Phi) is 4.65. The zero-order valence-corrected chi connectivity index (χ0v) is 13.1. The number of hydrogen-bond donors (Lipinski definition) is 2. The van der Waals surface area contributed by atoms with Crippen molar-refractivity contribution in [3.8, 4) is 11.5 Å². The van der Waals surface area contributed by atoms with Crippen molar-refractivity contribution in [1.82, 2.24) is 0 Å². The van der Waals surface area contributed by atoms with Crippen LogP contribution >= 0.6 is 12.2 Å². The van der Waals surface area contributed by atoms with Crippen molar-refractivity contribution >= 4 is 28.6 Å². The van der Waals surface area contributed by atoms with Gasteiger partial charge in [-0.25, -0.2) is 0 Å². The number of aryl methyl sites for hydroxylation is 1. The van der Waals surface area contributed by atoms with Crippen LogP contribution in [0.4, 0.5) is 11.4 Å². The van der Waals surface area contributed by atoms with Crippen LogP contribution in [0, 0.1) is 6.92 Å². The van der Waals surface area contributed by atoms with E-state index in [-0.39, 0.29) is 0 Å². The number of thiocarbonyl (C=S) groups is 1. The summed E-state index contributed by atoms with van der Waals surface area (Å²) in [7, 11) is 3.28. The molecule has 0 aliphatic carbocycles. The van der Waals surface area contributed by atoms with Gasteiger partial charge in [-0.1, -0.05) is 12.2 Å². The fourth-order valence-electron chi connectivity index (χ4n) is 2.08. The Labute approximate surface area is 129 Å². The zero-order valence-electron chi connectivity index (χ0n) is 12.3. The number of ether oxygens (including phenoxy) is 2. The van der Waals surface area contributed by atoms with E-state index in [1.54, 1.807) is 14.2 Å². The molecule has 0 fully saturated rings. The third-order valence-corrected chi connectivity index (χ3v) is 3.39. The maximum atomic E-state index is 5.77. The second-order valence-electron chi connectivity index (χ2n) is 4.59. The van der Waals surface area contributed by atoms with Crippen LogP contribution in [0.15, 0.2) is 36.4 Å². The highest BCUT2D eigenvalue weighted by Crippen LogP contribution is 2.28. The maximum Gasteiger partial charge on any atom is 0.121 e. The predicted octanol–water partition coefficient (Wildman–Crippen LogP) is 3.39. The van der Waals surface area contributed by atoms with Crippen molar-refractivity contribution in [3.05, 3.63) is 47.5 Å². The Morgan fingerprint density at radius 1 is 1.10 bits per heavy atom. The molecule has 0 saturated heterocycles. The van der Waals surface area contributed by atoms with Crippen LogP contribution in [0.25, 0.3) is 0 Å². The van der Waals surface area contributed by atoms with E-state index in [1.807, 2.05) is 43.3 Å². The van der Waals surface area contributed by atoms with Crippen molar-refractivity contribution in [2.24, 2.45) is 5.73 Å². The number of hydrogen-bond acceptors (Lipinski definition) is 4. The lowest BCUT2D eigenvalue weighted by atomic mass is 10.1. The van der Waals surface area contributed by atoms with Gasteiger partial charge in [-0.2, -0.15) is 0 Å². The molecule has 0 amide bonds. The van der Waals surface area contributed by atoms with E-state index >= 15 is 0 Å². The minimum absolute atomic E-state index is 0.338. The van der Waals surface area contributed by atoms with Crippen molar-refractivity contribution in [2.45, 2.75) is 6.92 Å². The molecule has 5 heteroatoms. The molecule has 3 N–H and O–H groups in total. The largest absolute Gasteiger partial charge is 0.497 e. The monoisotopic (exact) mass is 302 g/mol. The second-order valence-corrected chi connectivity index (χ2v) is 5.02. The second kappa shape index (κ2) is 6.45. The molecule has 110 valence electrons. The van der Waals surface area contributed by atoms with Crippen LogP contribution in [0.3, 0.4) is 0 Å². The van der Waals surface area contributed by atoms with Crippen LogP contribution in [0.5, 0.6) is 11.5 Å². The van der Waals surface area contributed by atoms with E-state index in [0.29, 0.717) is 4.99 Å². The summed E-state index contributed by atoms with van der Waals surface area (Å²) in [4.78, 5) is 0.338. The van der Waals surface area contributed by atoms with Crippen LogP contribution in [-0.2, 0) is 0 Å². The predicted molar refractivity (Wildman–Crippen MR) is 89.9 cm³/mol. The van der Waals surface area contributed by atoms with Crippen LogP contribution < -0.4 is 20.5 Å². The van der Waals surface area contributed by atoms with Gasteiger partial charge >= 0.3 is 0 Å². The van der Waals surface area contributed by atoms with Crippen LogP contribution in [0.1, 0.15) is 11.1 Å². The molecule has 21 heavy (non-hydrogen) atoms. The summed E-state index contributed by atoms with van der Waals surface area (Å²) < 4.78 is 10.5. The van der Waals surface area contributed by atoms with E-state index < -0.39 is 0 Å². The lowest BCUT2D eigenvalue weighted by Crippen LogP contribution is -2.12. The van der Waals surface area contributed by atoms with E-state index in [4.69, 9.17) is 27.4 Å². The summed E-state index contributed by atoms with van der Waals surface area (Å²) >= 11 is 5.09. The van der Waals surface area contributed by atoms with Gasteiger partial charge in [0.05, 0.1) is 19.9 Å². The van der Waals surface area contributed by atoms with E-state index in [2.05, 4.69) is 5.32 Å². The average Bonchev–Trinajstić information content (AvgIpc) is 2.47. The quantitative estimate of drug-likeness (QED) is 0.829. The van der Waals surface area contributed by atoms with Crippen molar-refractivity contribution in [2.75, 3.05) is 19.5 Å². The highest BCUT2D eigenvalue weighted by Gasteiger charge is 2.08. The van der Waals surface area contributed by atoms with Crippen molar-refractivity contribution in [1.29, 1.82) is 0 Å². The summed E-state index contributed by atoms with van der Waals surface area (Å²) in [5.74, 6) is 1.59. The number of nitrogens with two attached hydrogens (primary N) is 1. The molecule has 0 bridgehead atoms. The molecule has 0 aliphatic heterocycles. The van der Waals surface area contributed by atoms with E-state index in [1.165, 1.54) is 0 Å². The summed E-state index contributed by atoms with van der Waals surface area (Å²) in [5.41, 5.74) is 9.33. The topological polar surface area (TPSA) is 56.5 Å². The molecule has 0 spiro atoms. The highest BCUT2D eigenvalue weighted by molar-refractivity contribution is 7.80. The van der Waals surface area contributed by atoms with Gasteiger partial charge in [0, 0.05) is 17.3 Å². The van der Waals surface area contributed by atoms with Crippen molar-refractivity contribution in [3.63, 3.8) is 0 Å². The average molecular weight is 302 g/mol. The summed E-state index contributed by atoms with van der Waals surface area (Å²) in [6, 6.07) is 11.4. The van der Waals surface area contributed by atoms with Gasteiger partial charge in [-0.05, 0) is 42.8 Å². The Morgan fingerprint density at radius 3 is 2.43 bits per heavy atom. The van der Waals surface area contributed by atoms with Gasteiger partial charge in [0.1, 0.15) is 16.5 Å². The number of rotatable bonds is 5. The van der Waals surface area contributed by atoms with Gasteiger partial charge in [-0.3, -0.25) is 0 Å². The van der Waals surface area contributed by atoms with Gasteiger partial charge in [-0.15, -0.1) is 0 Å². The Balaban J connectivity index is 2.37. The zero-order chi connectivity index (χ0) is 15.4. The van der Waals surface area contributed by atoms with Crippen molar-refractivity contribution < 1.29 is 9.47 Å². The number of benzene rings is 2. The number of anilines is 2. The fraction of sp³-hybridized carbons (Fsp3) is 0.188. The van der Waals surface area contributed by atoms with Gasteiger partial charge < -0.3 is 20.5 Å². The van der Waals surface area contributed by atoms with Gasteiger partial charge in [0.25, 0.3) is 0 Å². The minimum Gasteiger partial charge on any atom is -0.497 e. The summed E-state index contributed by atoms with van der Waals surface area (Å²) in [5, 5.41) is 3.32. The molecule has 0 unspecified atom stereocenters. The van der Waals surface area contributed by atoms with Crippen LogP contribution in [0.2, 0.25) is 0 Å². The molecule has 0 heterocycles. The SMILES string of the molecule is COc1ccc(C(N)=S)c(Nc2ccc(OC)c(C)c2)c1. The Morgan fingerprint density at radius 2 is 1.86 bits per heavy atom. The molecular formula is C16H18N2O2S. The molecule has 0 aliphatic rings. The lowest BCUT2D eigenvalue weighted by molar-refractivity contribution is 0.412. The van der Waals surface area contributed by atoms with E-state index in [0.717, 1.165) is 34.0 Å². The molecule has 2 rings (SSSR count).